The zero-order valence-electron chi connectivity index (χ0n) is 10.0. The van der Waals surface area contributed by atoms with Crippen LogP contribution >= 0.6 is 0 Å². The lowest BCUT2D eigenvalue weighted by atomic mass is 10.2. The number of nitrogen functional groups attached to an aromatic ring is 1. The van der Waals surface area contributed by atoms with Crippen molar-refractivity contribution in [2.75, 3.05) is 17.6 Å². The van der Waals surface area contributed by atoms with E-state index < -0.39 is 0 Å². The van der Waals surface area contributed by atoms with Gasteiger partial charge in [0.05, 0.1) is 5.69 Å². The molecule has 0 unspecified atom stereocenters. The third-order valence-electron chi connectivity index (χ3n) is 2.42. The van der Waals surface area contributed by atoms with E-state index in [2.05, 4.69) is 20.5 Å². The number of hydrogen-bond acceptors (Lipinski definition) is 5. The van der Waals surface area contributed by atoms with E-state index in [4.69, 9.17) is 5.73 Å². The van der Waals surface area contributed by atoms with E-state index in [-0.39, 0.29) is 0 Å². The lowest BCUT2D eigenvalue weighted by molar-refractivity contribution is 0.770. The number of hydrogen-bond donors (Lipinski definition) is 2. The lowest BCUT2D eigenvalue weighted by Gasteiger charge is -2.07. The molecule has 2 rings (SSSR count). The molecule has 0 aliphatic carbocycles. The zero-order chi connectivity index (χ0) is 12.3. The van der Waals surface area contributed by atoms with Crippen molar-refractivity contribution in [3.63, 3.8) is 0 Å². The Morgan fingerprint density at radius 1 is 1.29 bits per heavy atom. The first-order valence-corrected chi connectivity index (χ1v) is 5.64. The summed E-state index contributed by atoms with van der Waals surface area (Å²) >= 11 is 0. The van der Waals surface area contributed by atoms with E-state index >= 15 is 0 Å². The van der Waals surface area contributed by atoms with Crippen molar-refractivity contribution in [1.82, 2.24) is 19.7 Å². The monoisotopic (exact) mass is 232 g/mol. The summed E-state index contributed by atoms with van der Waals surface area (Å²) in [6.07, 6.45) is 3.35. The SMILES string of the molecule is CCNc1nnc(-c2cncc(N)c2)n1CC. The summed E-state index contributed by atoms with van der Waals surface area (Å²) in [5.74, 6) is 1.55. The largest absolute Gasteiger partial charge is 0.397 e. The molecule has 0 aromatic carbocycles. The first kappa shape index (κ1) is 11.4. The number of pyridine rings is 1. The third kappa shape index (κ3) is 2.20. The van der Waals surface area contributed by atoms with Crippen LogP contribution in [0.5, 0.6) is 0 Å². The Labute approximate surface area is 99.9 Å². The Morgan fingerprint density at radius 3 is 2.76 bits per heavy atom. The van der Waals surface area contributed by atoms with E-state index in [9.17, 15) is 0 Å². The molecule has 0 saturated carbocycles. The van der Waals surface area contributed by atoms with Gasteiger partial charge < -0.3 is 11.1 Å². The third-order valence-corrected chi connectivity index (χ3v) is 2.42. The van der Waals surface area contributed by atoms with Crippen molar-refractivity contribution < 1.29 is 0 Å². The van der Waals surface area contributed by atoms with Crippen LogP contribution in [0.4, 0.5) is 11.6 Å². The molecule has 0 saturated heterocycles. The average Bonchev–Trinajstić information content (AvgIpc) is 2.72. The standard InChI is InChI=1S/C11H16N6/c1-3-14-11-16-15-10(17(11)4-2)8-5-9(12)7-13-6-8/h5-7H,3-4,12H2,1-2H3,(H,14,16). The fourth-order valence-corrected chi connectivity index (χ4v) is 1.69. The van der Waals surface area contributed by atoms with Gasteiger partial charge >= 0.3 is 0 Å². The fourth-order valence-electron chi connectivity index (χ4n) is 1.69. The molecule has 17 heavy (non-hydrogen) atoms. The molecule has 6 nitrogen and oxygen atoms in total. The molecule has 0 amide bonds. The predicted molar refractivity (Wildman–Crippen MR) is 67.5 cm³/mol. The number of nitrogens with zero attached hydrogens (tertiary/aromatic N) is 4. The number of nitrogens with two attached hydrogens (primary N) is 1. The molecule has 90 valence electrons. The fraction of sp³-hybridized carbons (Fsp3) is 0.364. The smallest absolute Gasteiger partial charge is 0.224 e. The van der Waals surface area contributed by atoms with Gasteiger partial charge in [-0.1, -0.05) is 0 Å². The van der Waals surface area contributed by atoms with Gasteiger partial charge in [0.1, 0.15) is 0 Å². The zero-order valence-corrected chi connectivity index (χ0v) is 10.0. The van der Waals surface area contributed by atoms with Gasteiger partial charge in [-0.05, 0) is 19.9 Å². The molecule has 0 aliphatic rings. The van der Waals surface area contributed by atoms with Crippen molar-refractivity contribution in [1.29, 1.82) is 0 Å². The van der Waals surface area contributed by atoms with Gasteiger partial charge in [-0.25, -0.2) is 0 Å². The molecule has 0 aliphatic heterocycles. The second kappa shape index (κ2) is 4.82. The summed E-state index contributed by atoms with van der Waals surface area (Å²) in [5.41, 5.74) is 7.22. The topological polar surface area (TPSA) is 81.7 Å². The quantitative estimate of drug-likeness (QED) is 0.832. The number of rotatable bonds is 4. The number of nitrogens with one attached hydrogen (secondary N) is 1. The summed E-state index contributed by atoms with van der Waals surface area (Å²) in [7, 11) is 0. The van der Waals surface area contributed by atoms with E-state index in [1.165, 1.54) is 0 Å². The highest BCUT2D eigenvalue weighted by molar-refractivity contribution is 5.60. The first-order valence-electron chi connectivity index (χ1n) is 5.64. The molecule has 0 bridgehead atoms. The van der Waals surface area contributed by atoms with Crippen LogP contribution in [0.2, 0.25) is 0 Å². The minimum absolute atomic E-state index is 0.623. The molecule has 0 fully saturated rings. The molecule has 2 aromatic heterocycles. The normalized spacial score (nSPS) is 10.5. The highest BCUT2D eigenvalue weighted by atomic mass is 15.3. The Morgan fingerprint density at radius 2 is 2.12 bits per heavy atom. The first-order chi connectivity index (χ1) is 8.26. The molecule has 0 atom stereocenters. The Hall–Kier alpha value is -2.11. The second-order valence-corrected chi connectivity index (χ2v) is 3.63. The minimum Gasteiger partial charge on any atom is -0.397 e. The summed E-state index contributed by atoms with van der Waals surface area (Å²) in [6.45, 7) is 5.68. The van der Waals surface area contributed by atoms with E-state index in [1.54, 1.807) is 12.4 Å². The van der Waals surface area contributed by atoms with Crippen molar-refractivity contribution >= 4 is 11.6 Å². The van der Waals surface area contributed by atoms with Gasteiger partial charge in [-0.2, -0.15) is 0 Å². The van der Waals surface area contributed by atoms with Crippen molar-refractivity contribution in [2.45, 2.75) is 20.4 Å². The second-order valence-electron chi connectivity index (χ2n) is 3.63. The van der Waals surface area contributed by atoms with Crippen LogP contribution in [-0.4, -0.2) is 26.3 Å². The van der Waals surface area contributed by atoms with Crippen LogP contribution in [0.25, 0.3) is 11.4 Å². The van der Waals surface area contributed by atoms with Crippen molar-refractivity contribution in [3.8, 4) is 11.4 Å². The molecule has 2 heterocycles. The lowest BCUT2D eigenvalue weighted by Crippen LogP contribution is -2.07. The van der Waals surface area contributed by atoms with Crippen LogP contribution in [0, 0.1) is 0 Å². The van der Waals surface area contributed by atoms with Crippen LogP contribution in [0.15, 0.2) is 18.5 Å². The van der Waals surface area contributed by atoms with Crippen molar-refractivity contribution in [3.05, 3.63) is 18.5 Å². The van der Waals surface area contributed by atoms with Crippen LogP contribution in [-0.2, 0) is 6.54 Å². The maximum atomic E-state index is 5.72. The average molecular weight is 232 g/mol. The van der Waals surface area contributed by atoms with Crippen LogP contribution in [0.1, 0.15) is 13.8 Å². The predicted octanol–water partition coefficient (Wildman–Crippen LogP) is 1.37. The van der Waals surface area contributed by atoms with Gasteiger partial charge in [-0.15, -0.1) is 10.2 Å². The summed E-state index contributed by atoms with van der Waals surface area (Å²) in [6, 6.07) is 1.85. The van der Waals surface area contributed by atoms with Crippen LogP contribution in [0.3, 0.4) is 0 Å². The Balaban J connectivity index is 2.45. The molecule has 0 spiro atoms. The van der Waals surface area contributed by atoms with Crippen LogP contribution < -0.4 is 11.1 Å². The summed E-state index contributed by atoms with van der Waals surface area (Å²) < 4.78 is 2.00. The maximum absolute atomic E-state index is 5.72. The molecule has 3 N–H and O–H groups in total. The van der Waals surface area contributed by atoms with Gasteiger partial charge in [0.2, 0.25) is 5.95 Å². The molecule has 2 aromatic rings. The van der Waals surface area contributed by atoms with E-state index in [0.29, 0.717) is 5.69 Å². The van der Waals surface area contributed by atoms with Gasteiger partial charge in [-0.3, -0.25) is 9.55 Å². The Bertz CT molecular complexity index is 504. The van der Waals surface area contributed by atoms with E-state index in [0.717, 1.165) is 30.4 Å². The Kier molecular flexibility index (Phi) is 3.22. The molecular weight excluding hydrogens is 216 g/mol. The highest BCUT2D eigenvalue weighted by Crippen LogP contribution is 2.21. The maximum Gasteiger partial charge on any atom is 0.224 e. The molecule has 6 heteroatoms. The van der Waals surface area contributed by atoms with Crippen molar-refractivity contribution in [2.24, 2.45) is 0 Å². The van der Waals surface area contributed by atoms with Gasteiger partial charge in [0.25, 0.3) is 0 Å². The summed E-state index contributed by atoms with van der Waals surface area (Å²) in [5, 5.41) is 11.5. The van der Waals surface area contributed by atoms with Gasteiger partial charge in [0, 0.05) is 31.0 Å². The van der Waals surface area contributed by atoms with E-state index in [1.807, 2.05) is 24.5 Å². The number of aromatic nitrogens is 4. The summed E-state index contributed by atoms with van der Waals surface area (Å²) in [4.78, 5) is 4.06. The minimum atomic E-state index is 0.623. The number of anilines is 2. The van der Waals surface area contributed by atoms with Gasteiger partial charge in [0.15, 0.2) is 5.82 Å². The molecular formula is C11H16N6. The highest BCUT2D eigenvalue weighted by Gasteiger charge is 2.12. The molecule has 0 radical (unpaired) electrons.